The first-order valence-corrected chi connectivity index (χ1v) is 7.84. The quantitative estimate of drug-likeness (QED) is 0.592. The van der Waals surface area contributed by atoms with Gasteiger partial charge >= 0.3 is 0 Å². The van der Waals surface area contributed by atoms with E-state index in [1.165, 1.54) is 0 Å². The van der Waals surface area contributed by atoms with Crippen LogP contribution in [0.25, 0.3) is 10.8 Å². The molecule has 2 rings (SSSR count). The maximum atomic E-state index is 11.2. The first-order valence-electron chi connectivity index (χ1n) is 4.96. The van der Waals surface area contributed by atoms with Crippen molar-refractivity contribution >= 4 is 31.0 Å². The number of aromatic hydroxyl groups is 2. The Balaban J connectivity index is 3.18. The molecule has 108 valence electrons. The summed E-state index contributed by atoms with van der Waals surface area (Å²) in [6, 6.07) is 3.22. The Morgan fingerprint density at radius 3 is 1.20 bits per heavy atom. The smallest absolute Gasteiger partial charge is 0.295 e. The monoisotopic (exact) mass is 320 g/mol. The van der Waals surface area contributed by atoms with Crippen LogP contribution in [0.15, 0.2) is 34.1 Å². The molecule has 0 radical (unpaired) electrons. The first kappa shape index (κ1) is 14.5. The van der Waals surface area contributed by atoms with E-state index in [1.807, 2.05) is 0 Å². The summed E-state index contributed by atoms with van der Waals surface area (Å²) in [4.78, 5) is -1.60. The lowest BCUT2D eigenvalue weighted by atomic mass is 10.1. The Hall–Kier alpha value is -1.88. The lowest BCUT2D eigenvalue weighted by molar-refractivity contribution is 0.465. The largest absolute Gasteiger partial charge is 0.507 e. The molecule has 20 heavy (non-hydrogen) atoms. The van der Waals surface area contributed by atoms with Crippen LogP contribution in [0.4, 0.5) is 0 Å². The van der Waals surface area contributed by atoms with Gasteiger partial charge in [0.25, 0.3) is 20.2 Å². The van der Waals surface area contributed by atoms with Crippen molar-refractivity contribution in [1.29, 1.82) is 0 Å². The molecule has 0 fully saturated rings. The predicted molar refractivity (Wildman–Crippen MR) is 66.9 cm³/mol. The molecule has 0 unspecified atom stereocenters. The zero-order chi connectivity index (χ0) is 15.3. The minimum absolute atomic E-state index is 0.609. The van der Waals surface area contributed by atoms with Gasteiger partial charge in [-0.2, -0.15) is 16.8 Å². The molecule has 0 atom stereocenters. The summed E-state index contributed by atoms with van der Waals surface area (Å²) in [7, 11) is -9.56. The number of rotatable bonds is 2. The molecule has 0 aromatic heterocycles. The number of hydrogen-bond acceptors (Lipinski definition) is 6. The van der Waals surface area contributed by atoms with Gasteiger partial charge in [0.15, 0.2) is 0 Å². The van der Waals surface area contributed by atoms with Gasteiger partial charge in [0.2, 0.25) is 0 Å². The predicted octanol–water partition coefficient (Wildman–Crippen LogP) is 0.744. The van der Waals surface area contributed by atoms with Crippen molar-refractivity contribution in [3.63, 3.8) is 0 Å². The van der Waals surface area contributed by atoms with Crippen molar-refractivity contribution in [1.82, 2.24) is 0 Å². The maximum Gasteiger partial charge on any atom is 0.295 e. The van der Waals surface area contributed by atoms with E-state index in [-0.39, 0.29) is 0 Å². The van der Waals surface area contributed by atoms with Gasteiger partial charge in [-0.1, -0.05) is 0 Å². The number of phenolic OH excluding ortho intramolecular Hbond substituents is 2. The van der Waals surface area contributed by atoms with Crippen LogP contribution in [-0.2, 0) is 20.2 Å². The van der Waals surface area contributed by atoms with E-state index in [1.54, 1.807) is 0 Å². The van der Waals surface area contributed by atoms with Gasteiger partial charge in [0, 0.05) is 10.8 Å². The molecule has 8 nitrogen and oxygen atoms in total. The fourth-order valence-corrected chi connectivity index (χ4v) is 3.24. The summed E-state index contributed by atoms with van der Waals surface area (Å²) in [5.41, 5.74) is 0. The van der Waals surface area contributed by atoms with Crippen molar-refractivity contribution in [2.24, 2.45) is 0 Å². The normalized spacial score (nSPS) is 12.7. The van der Waals surface area contributed by atoms with Gasteiger partial charge in [0.05, 0.1) is 0 Å². The molecule has 0 aliphatic carbocycles. The molecule has 0 aliphatic heterocycles. The third-order valence-corrected chi connectivity index (χ3v) is 4.39. The molecular weight excluding hydrogens is 312 g/mol. The fourth-order valence-electron chi connectivity index (χ4n) is 1.83. The van der Waals surface area contributed by atoms with Gasteiger partial charge in [-0.05, 0) is 24.3 Å². The van der Waals surface area contributed by atoms with Crippen molar-refractivity contribution in [3.8, 4) is 11.5 Å². The summed E-state index contributed by atoms with van der Waals surface area (Å²) in [5, 5.41) is 18.1. The van der Waals surface area contributed by atoms with Gasteiger partial charge in [-0.15, -0.1) is 0 Å². The lowest BCUT2D eigenvalue weighted by Crippen LogP contribution is -2.03. The summed E-state index contributed by atoms with van der Waals surface area (Å²) in [5.74, 6) is -1.37. The highest BCUT2D eigenvalue weighted by Gasteiger charge is 2.24. The van der Waals surface area contributed by atoms with Crippen LogP contribution in [0.5, 0.6) is 11.5 Å². The van der Waals surface area contributed by atoms with Gasteiger partial charge in [0.1, 0.15) is 21.3 Å². The summed E-state index contributed by atoms with van der Waals surface area (Å²) in [6.07, 6.45) is 0. The van der Waals surface area contributed by atoms with Crippen molar-refractivity contribution in [2.45, 2.75) is 9.79 Å². The van der Waals surface area contributed by atoms with E-state index in [0.717, 1.165) is 24.3 Å². The minimum Gasteiger partial charge on any atom is -0.507 e. The second-order valence-electron chi connectivity index (χ2n) is 3.87. The molecular formula is C10H8O8S2. The SMILES string of the molecule is O=S(=O)(O)c1ccc(O)c2c(S(=O)(=O)O)ccc(O)c12. The molecule has 0 amide bonds. The molecule has 0 aliphatic rings. The van der Waals surface area contributed by atoms with E-state index < -0.39 is 52.3 Å². The van der Waals surface area contributed by atoms with Crippen molar-refractivity contribution in [3.05, 3.63) is 24.3 Å². The van der Waals surface area contributed by atoms with Crippen molar-refractivity contribution in [2.75, 3.05) is 0 Å². The number of phenols is 2. The number of hydrogen-bond donors (Lipinski definition) is 4. The van der Waals surface area contributed by atoms with Gasteiger partial charge in [-0.25, -0.2) is 0 Å². The zero-order valence-electron chi connectivity index (χ0n) is 9.55. The van der Waals surface area contributed by atoms with Crippen LogP contribution < -0.4 is 0 Å². The van der Waals surface area contributed by atoms with Crippen LogP contribution in [0.1, 0.15) is 0 Å². The van der Waals surface area contributed by atoms with E-state index in [4.69, 9.17) is 9.11 Å². The Kier molecular flexibility index (Phi) is 3.13. The van der Waals surface area contributed by atoms with Crippen LogP contribution in [-0.4, -0.2) is 36.2 Å². The molecule has 2 aromatic rings. The fraction of sp³-hybridized carbons (Fsp3) is 0. The lowest BCUT2D eigenvalue weighted by Gasteiger charge is -2.10. The van der Waals surface area contributed by atoms with Gasteiger partial charge < -0.3 is 10.2 Å². The molecule has 0 bridgehead atoms. The zero-order valence-corrected chi connectivity index (χ0v) is 11.2. The molecule has 2 aromatic carbocycles. The molecule has 0 saturated carbocycles. The van der Waals surface area contributed by atoms with E-state index in [2.05, 4.69) is 0 Å². The molecule has 0 saturated heterocycles. The second-order valence-corrected chi connectivity index (χ2v) is 6.65. The topological polar surface area (TPSA) is 149 Å². The highest BCUT2D eigenvalue weighted by molar-refractivity contribution is 7.86. The van der Waals surface area contributed by atoms with Crippen LogP contribution in [0.2, 0.25) is 0 Å². The summed E-state index contributed by atoms with van der Waals surface area (Å²) in [6.45, 7) is 0. The first-order chi connectivity index (χ1) is 9.03. The van der Waals surface area contributed by atoms with E-state index in [0.29, 0.717) is 0 Å². The molecule has 10 heteroatoms. The van der Waals surface area contributed by atoms with Crippen molar-refractivity contribution < 1.29 is 36.2 Å². The summed E-state index contributed by atoms with van der Waals surface area (Å²) >= 11 is 0. The van der Waals surface area contributed by atoms with Crippen LogP contribution in [0.3, 0.4) is 0 Å². The Bertz CT molecular complexity index is 835. The third-order valence-electron chi connectivity index (χ3n) is 2.60. The molecule has 4 N–H and O–H groups in total. The summed E-state index contributed by atoms with van der Waals surface area (Å²) < 4.78 is 63.0. The molecule has 0 spiro atoms. The van der Waals surface area contributed by atoms with Crippen LogP contribution >= 0.6 is 0 Å². The highest BCUT2D eigenvalue weighted by Crippen LogP contribution is 2.39. The highest BCUT2D eigenvalue weighted by atomic mass is 32.2. The average Bonchev–Trinajstić information content (AvgIpc) is 2.27. The van der Waals surface area contributed by atoms with Gasteiger partial charge in [-0.3, -0.25) is 9.11 Å². The van der Waals surface area contributed by atoms with E-state index in [9.17, 15) is 27.0 Å². The second kappa shape index (κ2) is 4.31. The van der Waals surface area contributed by atoms with E-state index >= 15 is 0 Å². The third kappa shape index (κ3) is 2.29. The average molecular weight is 320 g/mol. The maximum absolute atomic E-state index is 11.2. The Labute approximate surface area is 113 Å². The Morgan fingerprint density at radius 2 is 0.950 bits per heavy atom. The minimum atomic E-state index is -4.78. The standard InChI is InChI=1S/C10H8O8S2/c11-5-1-3-7(19(13,14)15)10-6(12)2-4-8(9(5)10)20(16,17)18/h1-4,11-12H,(H,13,14,15)(H,16,17,18). The molecule has 0 heterocycles. The number of fused-ring (bicyclic) bond motifs is 1. The Morgan fingerprint density at radius 1 is 0.650 bits per heavy atom. The number of benzene rings is 2. The van der Waals surface area contributed by atoms with Crippen LogP contribution in [0, 0.1) is 0 Å².